The van der Waals surface area contributed by atoms with Crippen LogP contribution in [0.1, 0.15) is 5.69 Å². The maximum Gasteiger partial charge on any atom is 0.323 e. The largest absolute Gasteiger partial charge is 0.493 e. The Hall–Kier alpha value is -2.90. The lowest BCUT2D eigenvalue weighted by Gasteiger charge is -2.11. The standard InChI is InChI=1S/C21H20ClN3O3S/c1-27-19-11-12-23-18(20(19)28-2)13-29-17-9-7-16(8-10-17)25-21(26)24-15-5-3-14(22)4-6-15/h3-12H,13H2,1-2H3,(H2,24,25,26). The summed E-state index contributed by atoms with van der Waals surface area (Å²) >= 11 is 7.46. The summed E-state index contributed by atoms with van der Waals surface area (Å²) in [6.45, 7) is 0. The first-order valence-electron chi connectivity index (χ1n) is 8.71. The van der Waals surface area contributed by atoms with Gasteiger partial charge in [-0.15, -0.1) is 11.8 Å². The number of nitrogens with one attached hydrogen (secondary N) is 2. The summed E-state index contributed by atoms with van der Waals surface area (Å²) in [6, 6.07) is 15.9. The molecular weight excluding hydrogens is 410 g/mol. The van der Waals surface area contributed by atoms with E-state index in [1.54, 1.807) is 62.5 Å². The van der Waals surface area contributed by atoms with Gasteiger partial charge >= 0.3 is 6.03 Å². The number of urea groups is 1. The van der Waals surface area contributed by atoms with Crippen molar-refractivity contribution >= 4 is 40.8 Å². The quantitative estimate of drug-likeness (QED) is 0.472. The number of anilines is 2. The highest BCUT2D eigenvalue weighted by Gasteiger charge is 2.11. The molecule has 0 aliphatic rings. The van der Waals surface area contributed by atoms with Crippen LogP contribution in [-0.2, 0) is 5.75 Å². The van der Waals surface area contributed by atoms with Gasteiger partial charge in [0.15, 0.2) is 11.5 Å². The fraction of sp³-hybridized carbons (Fsp3) is 0.143. The van der Waals surface area contributed by atoms with Gasteiger partial charge in [-0.05, 0) is 48.5 Å². The van der Waals surface area contributed by atoms with Gasteiger partial charge in [0.25, 0.3) is 0 Å². The van der Waals surface area contributed by atoms with Crippen LogP contribution in [0.2, 0.25) is 5.02 Å². The number of methoxy groups -OCH3 is 2. The number of ether oxygens (including phenoxy) is 2. The summed E-state index contributed by atoms with van der Waals surface area (Å²) in [7, 11) is 3.20. The summed E-state index contributed by atoms with van der Waals surface area (Å²) in [6.07, 6.45) is 1.70. The van der Waals surface area contributed by atoms with E-state index in [2.05, 4.69) is 15.6 Å². The minimum absolute atomic E-state index is 0.321. The molecule has 0 spiro atoms. The second-order valence-corrected chi connectivity index (χ2v) is 7.38. The van der Waals surface area contributed by atoms with E-state index in [0.717, 1.165) is 10.6 Å². The second kappa shape index (κ2) is 10.0. The van der Waals surface area contributed by atoms with Crippen molar-refractivity contribution in [3.63, 3.8) is 0 Å². The van der Waals surface area contributed by atoms with Gasteiger partial charge < -0.3 is 20.1 Å². The third-order valence-electron chi connectivity index (χ3n) is 3.96. The number of thioether (sulfide) groups is 1. The third kappa shape index (κ3) is 5.79. The van der Waals surface area contributed by atoms with Crippen LogP contribution < -0.4 is 20.1 Å². The van der Waals surface area contributed by atoms with Crippen LogP contribution in [0.5, 0.6) is 11.5 Å². The number of hydrogen-bond acceptors (Lipinski definition) is 5. The highest BCUT2D eigenvalue weighted by molar-refractivity contribution is 7.98. The first kappa shape index (κ1) is 20.8. The van der Waals surface area contributed by atoms with Gasteiger partial charge in [-0.25, -0.2) is 4.79 Å². The van der Waals surface area contributed by atoms with Crippen LogP contribution in [0.3, 0.4) is 0 Å². The maximum absolute atomic E-state index is 12.1. The zero-order chi connectivity index (χ0) is 20.6. The van der Waals surface area contributed by atoms with Gasteiger partial charge in [0, 0.05) is 39.3 Å². The summed E-state index contributed by atoms with van der Waals surface area (Å²) in [5.74, 6) is 1.92. The Kier molecular flexibility index (Phi) is 7.21. The van der Waals surface area contributed by atoms with Crippen LogP contribution in [-0.4, -0.2) is 25.2 Å². The number of aromatic nitrogens is 1. The van der Waals surface area contributed by atoms with E-state index in [1.807, 2.05) is 24.3 Å². The number of nitrogens with zero attached hydrogens (tertiary/aromatic N) is 1. The van der Waals surface area contributed by atoms with Gasteiger partial charge in [0.1, 0.15) is 0 Å². The minimum Gasteiger partial charge on any atom is -0.493 e. The van der Waals surface area contributed by atoms with Crippen molar-refractivity contribution in [3.05, 3.63) is 71.5 Å². The minimum atomic E-state index is -0.321. The molecule has 3 rings (SSSR count). The van der Waals surface area contributed by atoms with E-state index in [9.17, 15) is 4.79 Å². The molecule has 29 heavy (non-hydrogen) atoms. The molecule has 1 aromatic heterocycles. The molecule has 0 unspecified atom stereocenters. The molecule has 3 aromatic rings. The SMILES string of the molecule is COc1ccnc(CSc2ccc(NC(=O)Nc3ccc(Cl)cc3)cc2)c1OC. The molecule has 0 saturated carbocycles. The number of rotatable bonds is 7. The molecule has 2 N–H and O–H groups in total. The van der Waals surface area contributed by atoms with E-state index in [4.69, 9.17) is 21.1 Å². The molecule has 0 bridgehead atoms. The van der Waals surface area contributed by atoms with Crippen LogP contribution in [0.15, 0.2) is 65.7 Å². The molecule has 0 saturated heterocycles. The zero-order valence-electron chi connectivity index (χ0n) is 15.9. The Balaban J connectivity index is 1.56. The van der Waals surface area contributed by atoms with E-state index in [1.165, 1.54) is 0 Å². The van der Waals surface area contributed by atoms with Crippen molar-refractivity contribution in [1.29, 1.82) is 0 Å². The van der Waals surface area contributed by atoms with Crippen molar-refractivity contribution in [1.82, 2.24) is 4.98 Å². The summed E-state index contributed by atoms with van der Waals surface area (Å²) in [5, 5.41) is 6.17. The summed E-state index contributed by atoms with van der Waals surface area (Å²) in [4.78, 5) is 17.5. The van der Waals surface area contributed by atoms with Gasteiger partial charge in [-0.2, -0.15) is 0 Å². The Morgan fingerprint density at radius 3 is 2.17 bits per heavy atom. The molecule has 2 aromatic carbocycles. The molecular formula is C21H20ClN3O3S. The lowest BCUT2D eigenvalue weighted by atomic mass is 10.3. The number of carbonyl (C=O) groups is 1. The molecule has 0 radical (unpaired) electrons. The Morgan fingerprint density at radius 2 is 1.59 bits per heavy atom. The van der Waals surface area contributed by atoms with Crippen LogP contribution >= 0.6 is 23.4 Å². The maximum atomic E-state index is 12.1. The topological polar surface area (TPSA) is 72.5 Å². The average molecular weight is 430 g/mol. The first-order valence-corrected chi connectivity index (χ1v) is 10.1. The molecule has 0 atom stereocenters. The van der Waals surface area contributed by atoms with E-state index < -0.39 is 0 Å². The van der Waals surface area contributed by atoms with Crippen molar-refractivity contribution < 1.29 is 14.3 Å². The third-order valence-corrected chi connectivity index (χ3v) is 5.23. The molecule has 2 amide bonds. The Morgan fingerprint density at radius 1 is 0.966 bits per heavy atom. The van der Waals surface area contributed by atoms with Crippen molar-refractivity contribution in [3.8, 4) is 11.5 Å². The highest BCUT2D eigenvalue weighted by atomic mass is 35.5. The fourth-order valence-corrected chi connectivity index (χ4v) is 3.53. The smallest absolute Gasteiger partial charge is 0.323 e. The molecule has 0 fully saturated rings. The normalized spacial score (nSPS) is 10.3. The Bertz CT molecular complexity index is 966. The van der Waals surface area contributed by atoms with Gasteiger partial charge in [-0.1, -0.05) is 11.6 Å². The molecule has 6 nitrogen and oxygen atoms in total. The fourth-order valence-electron chi connectivity index (χ4n) is 2.57. The number of hydrogen-bond donors (Lipinski definition) is 2. The molecule has 150 valence electrons. The lowest BCUT2D eigenvalue weighted by molar-refractivity contribution is 0.262. The zero-order valence-corrected chi connectivity index (χ0v) is 17.5. The van der Waals surface area contributed by atoms with Crippen LogP contribution in [0, 0.1) is 0 Å². The van der Waals surface area contributed by atoms with Crippen molar-refractivity contribution in [2.45, 2.75) is 10.6 Å². The average Bonchev–Trinajstić information content (AvgIpc) is 2.74. The summed E-state index contributed by atoms with van der Waals surface area (Å²) < 4.78 is 10.7. The number of benzene rings is 2. The van der Waals surface area contributed by atoms with Gasteiger partial charge in [0.05, 0.1) is 19.9 Å². The highest BCUT2D eigenvalue weighted by Crippen LogP contribution is 2.33. The van der Waals surface area contributed by atoms with Crippen LogP contribution in [0.4, 0.5) is 16.2 Å². The predicted octanol–water partition coefficient (Wildman–Crippen LogP) is 5.69. The monoisotopic (exact) mass is 429 g/mol. The van der Waals surface area contributed by atoms with E-state index >= 15 is 0 Å². The number of pyridine rings is 1. The predicted molar refractivity (Wildman–Crippen MR) is 117 cm³/mol. The summed E-state index contributed by atoms with van der Waals surface area (Å²) in [5.41, 5.74) is 2.16. The molecule has 0 aliphatic carbocycles. The van der Waals surface area contributed by atoms with E-state index in [-0.39, 0.29) is 6.03 Å². The van der Waals surface area contributed by atoms with Crippen molar-refractivity contribution in [2.24, 2.45) is 0 Å². The second-order valence-electron chi connectivity index (χ2n) is 5.89. The Labute approximate surface area is 178 Å². The number of carbonyl (C=O) groups excluding carboxylic acids is 1. The van der Waals surface area contributed by atoms with E-state index in [0.29, 0.717) is 33.6 Å². The van der Waals surface area contributed by atoms with Crippen LogP contribution in [0.25, 0.3) is 0 Å². The number of amides is 2. The molecule has 8 heteroatoms. The van der Waals surface area contributed by atoms with Crippen molar-refractivity contribution in [2.75, 3.05) is 24.9 Å². The first-order chi connectivity index (χ1) is 14.1. The molecule has 1 heterocycles. The number of halogens is 1. The van der Waals surface area contributed by atoms with Gasteiger partial charge in [-0.3, -0.25) is 4.98 Å². The lowest BCUT2D eigenvalue weighted by Crippen LogP contribution is -2.19. The van der Waals surface area contributed by atoms with Gasteiger partial charge in [0.2, 0.25) is 0 Å². The molecule has 0 aliphatic heterocycles.